The standard InChI is InChI=1S/C25H23F6N5O4S/c1-35-11-15(10-33-35)14-2-3-19(17(8-14)24(26,27)28)41(39,40)16-9-18(20(37)34-22(13-32)4-5-22)36(12-16)21(38)23(6-7-23)25(29,30)31/h2-3,8,10-11,16,18H,4-7,9,12H2,1H3,(H,34,37). The third kappa shape index (κ3) is 4.93. The number of nitrogens with one attached hydrogen (secondary N) is 1. The van der Waals surface area contributed by atoms with Crippen molar-refractivity contribution in [2.24, 2.45) is 12.5 Å². The first-order valence-electron chi connectivity index (χ1n) is 12.5. The van der Waals surface area contributed by atoms with Gasteiger partial charge in [-0.2, -0.15) is 36.7 Å². The fourth-order valence-electron chi connectivity index (χ4n) is 5.15. The average Bonchev–Trinajstić information content (AvgIpc) is 3.77. The van der Waals surface area contributed by atoms with E-state index in [9.17, 15) is 49.6 Å². The maximum Gasteiger partial charge on any atom is 0.417 e. The highest BCUT2D eigenvalue weighted by atomic mass is 32.2. The Labute approximate surface area is 230 Å². The molecule has 2 heterocycles. The van der Waals surface area contributed by atoms with Gasteiger partial charge in [0.2, 0.25) is 11.8 Å². The molecule has 220 valence electrons. The Kier molecular flexibility index (Phi) is 6.48. The van der Waals surface area contributed by atoms with Gasteiger partial charge in [0.25, 0.3) is 0 Å². The van der Waals surface area contributed by atoms with Crippen molar-refractivity contribution in [2.45, 2.75) is 66.2 Å². The predicted octanol–water partition coefficient (Wildman–Crippen LogP) is 3.36. The summed E-state index contributed by atoms with van der Waals surface area (Å²) in [6.07, 6.45) is -8.75. The molecule has 3 aliphatic rings. The van der Waals surface area contributed by atoms with E-state index in [1.54, 1.807) is 7.05 Å². The first-order chi connectivity index (χ1) is 18.9. The molecule has 9 nitrogen and oxygen atoms in total. The van der Waals surface area contributed by atoms with Gasteiger partial charge in [0.05, 0.1) is 28.0 Å². The van der Waals surface area contributed by atoms with Gasteiger partial charge in [-0.3, -0.25) is 14.3 Å². The van der Waals surface area contributed by atoms with E-state index in [0.29, 0.717) is 11.0 Å². The van der Waals surface area contributed by atoms with Gasteiger partial charge in [0.1, 0.15) is 17.0 Å². The first-order valence-corrected chi connectivity index (χ1v) is 14.0. The summed E-state index contributed by atoms with van der Waals surface area (Å²) in [5, 5.41) is 13.8. The number of carbonyl (C=O) groups excluding carboxylic acids is 2. The number of alkyl halides is 6. The molecule has 0 radical (unpaired) electrons. The van der Waals surface area contributed by atoms with Crippen molar-refractivity contribution >= 4 is 21.7 Å². The maximum atomic E-state index is 14.1. The molecule has 1 aliphatic heterocycles. The summed E-state index contributed by atoms with van der Waals surface area (Å²) in [5.74, 6) is -2.54. The lowest BCUT2D eigenvalue weighted by Crippen LogP contribution is -2.53. The molecule has 2 aromatic rings. The van der Waals surface area contributed by atoms with Crippen molar-refractivity contribution in [3.63, 3.8) is 0 Å². The summed E-state index contributed by atoms with van der Waals surface area (Å²) in [4.78, 5) is 25.6. The number of hydrogen-bond donors (Lipinski definition) is 1. The third-order valence-corrected chi connectivity index (χ3v) is 10.1. The van der Waals surface area contributed by atoms with Crippen LogP contribution in [0.3, 0.4) is 0 Å². The Morgan fingerprint density at radius 3 is 2.24 bits per heavy atom. The van der Waals surface area contributed by atoms with Crippen LogP contribution in [0.1, 0.15) is 37.7 Å². The van der Waals surface area contributed by atoms with Gasteiger partial charge in [-0.25, -0.2) is 8.42 Å². The number of halogens is 6. The van der Waals surface area contributed by atoms with Crippen molar-refractivity contribution in [1.29, 1.82) is 5.26 Å². The number of nitrogens with zero attached hydrogens (tertiary/aromatic N) is 4. The largest absolute Gasteiger partial charge is 0.417 e. The fraction of sp³-hybridized carbons (Fsp3) is 0.520. The normalized spacial score (nSPS) is 23.1. The van der Waals surface area contributed by atoms with E-state index in [4.69, 9.17) is 0 Å². The number of hydrogen-bond acceptors (Lipinski definition) is 6. The van der Waals surface area contributed by atoms with Gasteiger partial charge in [-0.05, 0) is 49.8 Å². The number of sulfone groups is 1. The lowest BCUT2D eigenvalue weighted by atomic mass is 10.0. The zero-order chi connectivity index (χ0) is 30.2. The Morgan fingerprint density at radius 2 is 1.76 bits per heavy atom. The maximum absolute atomic E-state index is 14.1. The molecule has 0 bridgehead atoms. The highest BCUT2D eigenvalue weighted by molar-refractivity contribution is 7.92. The van der Waals surface area contributed by atoms with Gasteiger partial charge in [0, 0.05) is 25.4 Å². The minimum atomic E-state index is -5.13. The topological polar surface area (TPSA) is 125 Å². The van der Waals surface area contributed by atoms with Gasteiger partial charge in [-0.15, -0.1) is 0 Å². The van der Waals surface area contributed by atoms with E-state index < -0.39 is 92.5 Å². The van der Waals surface area contributed by atoms with Crippen LogP contribution in [0.15, 0.2) is 35.5 Å². The molecule has 2 unspecified atom stereocenters. The molecular formula is C25H23F6N5O4S. The van der Waals surface area contributed by atoms with Crippen molar-refractivity contribution in [3.8, 4) is 17.2 Å². The number of nitriles is 1. The summed E-state index contributed by atoms with van der Waals surface area (Å²) in [6.45, 7) is -0.918. The molecule has 1 aromatic heterocycles. The summed E-state index contributed by atoms with van der Waals surface area (Å²) in [6, 6.07) is 2.68. The minimum absolute atomic E-state index is 0.0249. The van der Waals surface area contributed by atoms with Crippen molar-refractivity contribution in [2.75, 3.05) is 6.54 Å². The van der Waals surface area contributed by atoms with Crippen LogP contribution in [0.4, 0.5) is 26.3 Å². The smallest absolute Gasteiger partial charge is 0.336 e. The van der Waals surface area contributed by atoms with Crippen LogP contribution in [0.5, 0.6) is 0 Å². The number of benzene rings is 1. The first kappa shape index (κ1) is 28.9. The van der Waals surface area contributed by atoms with Crippen molar-refractivity contribution in [1.82, 2.24) is 20.0 Å². The third-order valence-electron chi connectivity index (χ3n) is 7.92. The molecule has 0 spiro atoms. The number of aryl methyl sites for hydroxylation is 1. The summed E-state index contributed by atoms with van der Waals surface area (Å²) >= 11 is 0. The van der Waals surface area contributed by atoms with Crippen LogP contribution >= 0.6 is 0 Å². The Bertz CT molecular complexity index is 1570. The molecule has 2 atom stereocenters. The van der Waals surface area contributed by atoms with Crippen LogP contribution in [-0.2, 0) is 32.7 Å². The highest BCUT2D eigenvalue weighted by Gasteiger charge is 2.70. The number of carbonyl (C=O) groups is 2. The highest BCUT2D eigenvalue weighted by Crippen LogP contribution is 2.59. The van der Waals surface area contributed by atoms with Crippen molar-refractivity contribution < 1.29 is 44.3 Å². The molecule has 2 amide bonds. The van der Waals surface area contributed by atoms with Crippen LogP contribution in [0, 0.1) is 16.7 Å². The lowest BCUT2D eigenvalue weighted by molar-refractivity contribution is -0.199. The lowest BCUT2D eigenvalue weighted by Gasteiger charge is -2.29. The van der Waals surface area contributed by atoms with Crippen molar-refractivity contribution in [3.05, 3.63) is 36.2 Å². The van der Waals surface area contributed by atoms with E-state index in [2.05, 4.69) is 10.4 Å². The van der Waals surface area contributed by atoms with Gasteiger partial charge >= 0.3 is 12.4 Å². The molecule has 5 rings (SSSR count). The monoisotopic (exact) mass is 603 g/mol. The average molecular weight is 604 g/mol. The summed E-state index contributed by atoms with van der Waals surface area (Å²) in [7, 11) is -3.39. The molecule has 2 aliphatic carbocycles. The zero-order valence-corrected chi connectivity index (χ0v) is 22.2. The molecule has 2 saturated carbocycles. The van der Waals surface area contributed by atoms with E-state index >= 15 is 0 Å². The number of amides is 2. The van der Waals surface area contributed by atoms with E-state index in [1.807, 2.05) is 6.07 Å². The zero-order valence-electron chi connectivity index (χ0n) is 21.4. The summed E-state index contributed by atoms with van der Waals surface area (Å²) in [5.41, 5.74) is -5.27. The second-order valence-electron chi connectivity index (χ2n) is 10.8. The quantitative estimate of drug-likeness (QED) is 0.505. The predicted molar refractivity (Wildman–Crippen MR) is 128 cm³/mol. The number of likely N-dealkylation sites (tertiary alicyclic amines) is 1. The SMILES string of the molecule is Cn1cc(-c2ccc(S(=O)(=O)C3CC(C(=O)NC4(C#N)CC4)N(C(=O)C4(C(F)(F)F)CC4)C3)c(C(F)(F)F)c2)cn1. The Balaban J connectivity index is 1.52. The van der Waals surface area contributed by atoms with Gasteiger partial charge in [0.15, 0.2) is 9.84 Å². The second kappa shape index (κ2) is 9.20. The molecule has 41 heavy (non-hydrogen) atoms. The number of aromatic nitrogens is 2. The Morgan fingerprint density at radius 1 is 1.10 bits per heavy atom. The second-order valence-corrected chi connectivity index (χ2v) is 12.9. The minimum Gasteiger partial charge on any atom is -0.336 e. The molecular weight excluding hydrogens is 580 g/mol. The van der Waals surface area contributed by atoms with E-state index in [1.165, 1.54) is 17.1 Å². The molecule has 3 fully saturated rings. The van der Waals surface area contributed by atoms with Crippen LogP contribution in [0.2, 0.25) is 0 Å². The van der Waals surface area contributed by atoms with Crippen LogP contribution in [0.25, 0.3) is 11.1 Å². The Hall–Kier alpha value is -3.61. The molecule has 1 N–H and O–H groups in total. The summed E-state index contributed by atoms with van der Waals surface area (Å²) < 4.78 is 112. The van der Waals surface area contributed by atoms with Crippen LogP contribution in [-0.4, -0.2) is 64.5 Å². The molecule has 1 aromatic carbocycles. The van der Waals surface area contributed by atoms with Gasteiger partial charge < -0.3 is 10.2 Å². The van der Waals surface area contributed by atoms with E-state index in [0.717, 1.165) is 12.1 Å². The molecule has 1 saturated heterocycles. The van der Waals surface area contributed by atoms with Gasteiger partial charge in [-0.1, -0.05) is 6.07 Å². The fourth-order valence-corrected chi connectivity index (χ4v) is 7.04. The number of rotatable bonds is 6. The van der Waals surface area contributed by atoms with Crippen LogP contribution < -0.4 is 5.32 Å². The molecule has 16 heteroatoms. The van der Waals surface area contributed by atoms with E-state index in [-0.39, 0.29) is 24.0 Å².